The van der Waals surface area contributed by atoms with Gasteiger partial charge >= 0.3 is 11.9 Å². The lowest BCUT2D eigenvalue weighted by atomic mass is 10.2. The molecule has 0 atom stereocenters. The first kappa shape index (κ1) is 17.2. The molecule has 0 aliphatic rings. The number of esters is 2. The molecule has 0 fully saturated rings. The quantitative estimate of drug-likeness (QED) is 0.270. The molecule has 0 aliphatic carbocycles. The summed E-state index contributed by atoms with van der Waals surface area (Å²) in [5.41, 5.74) is 6.73. The molecule has 0 amide bonds. The summed E-state index contributed by atoms with van der Waals surface area (Å²) in [7, 11) is 0. The third-order valence-corrected chi connectivity index (χ3v) is 3.00. The average molecular weight is 330 g/mol. The maximum atomic E-state index is 11.9. The van der Waals surface area contributed by atoms with Gasteiger partial charge < -0.3 is 20.5 Å². The van der Waals surface area contributed by atoms with Crippen LogP contribution < -0.4 is 11.1 Å². The summed E-state index contributed by atoms with van der Waals surface area (Å²) in [5, 5.41) is 3.48. The number of hydrogen-bond donors (Lipinski definition) is 2. The van der Waals surface area contributed by atoms with Gasteiger partial charge in [0.15, 0.2) is 5.57 Å². The van der Waals surface area contributed by atoms with Crippen LogP contribution >= 0.6 is 0 Å². The molecule has 8 heteroatoms. The molecular weight excluding hydrogens is 312 g/mol. The molecule has 8 nitrogen and oxygen atoms in total. The van der Waals surface area contributed by atoms with E-state index in [1.807, 2.05) is 0 Å². The van der Waals surface area contributed by atoms with E-state index in [0.29, 0.717) is 22.4 Å². The van der Waals surface area contributed by atoms with Crippen LogP contribution in [0.5, 0.6) is 0 Å². The molecule has 24 heavy (non-hydrogen) atoms. The van der Waals surface area contributed by atoms with Gasteiger partial charge in [-0.3, -0.25) is 0 Å². The van der Waals surface area contributed by atoms with Crippen LogP contribution in [0.15, 0.2) is 36.3 Å². The number of carbonyl (C=O) groups is 2. The van der Waals surface area contributed by atoms with Crippen LogP contribution in [-0.4, -0.2) is 35.1 Å². The molecule has 0 unspecified atom stereocenters. The van der Waals surface area contributed by atoms with Crippen molar-refractivity contribution in [2.45, 2.75) is 13.8 Å². The van der Waals surface area contributed by atoms with E-state index < -0.39 is 11.9 Å². The average Bonchev–Trinajstić information content (AvgIpc) is 2.56. The predicted molar refractivity (Wildman–Crippen MR) is 88.9 cm³/mol. The maximum absolute atomic E-state index is 11.9. The van der Waals surface area contributed by atoms with Crippen molar-refractivity contribution < 1.29 is 19.1 Å². The second-order valence-corrected chi connectivity index (χ2v) is 4.64. The largest absolute Gasteiger partial charge is 0.462 e. The Kier molecular flexibility index (Phi) is 5.67. The number of ether oxygens (including phenoxy) is 2. The number of rotatable bonds is 6. The number of nitrogen functional groups attached to an aromatic ring is 1. The van der Waals surface area contributed by atoms with E-state index in [1.54, 1.807) is 32.0 Å². The fourth-order valence-electron chi connectivity index (χ4n) is 1.95. The fraction of sp³-hybridized carbons (Fsp3) is 0.250. The molecular formula is C16H18N4O4. The zero-order valence-electron chi connectivity index (χ0n) is 13.4. The summed E-state index contributed by atoms with van der Waals surface area (Å²) in [6.45, 7) is 3.58. The summed E-state index contributed by atoms with van der Waals surface area (Å²) in [6, 6.07) is 5.16. The molecule has 3 N–H and O–H groups in total. The Labute approximate surface area is 138 Å². The first-order valence-electron chi connectivity index (χ1n) is 7.38. The first-order valence-corrected chi connectivity index (χ1v) is 7.38. The molecule has 0 bridgehead atoms. The van der Waals surface area contributed by atoms with Gasteiger partial charge in [0.25, 0.3) is 0 Å². The third kappa shape index (κ3) is 3.97. The Balaban J connectivity index is 2.36. The molecule has 0 saturated carbocycles. The number of aromatic nitrogens is 2. The standard InChI is InChI=1S/C16H18N4O4/c1-3-23-15(21)12(16(22)24-4-2)8-18-14-11-7-10(17)5-6-13(11)19-9-20-14/h5-9H,3-4,17H2,1-2H3,(H,18,19,20). The summed E-state index contributed by atoms with van der Waals surface area (Å²) >= 11 is 0. The third-order valence-electron chi connectivity index (χ3n) is 3.00. The molecule has 0 aliphatic heterocycles. The summed E-state index contributed by atoms with van der Waals surface area (Å²) in [4.78, 5) is 32.1. The number of anilines is 2. The van der Waals surface area contributed by atoms with Crippen molar-refractivity contribution in [2.24, 2.45) is 0 Å². The van der Waals surface area contributed by atoms with Gasteiger partial charge in [0.1, 0.15) is 12.1 Å². The van der Waals surface area contributed by atoms with E-state index in [9.17, 15) is 9.59 Å². The fourth-order valence-corrected chi connectivity index (χ4v) is 1.95. The Hall–Kier alpha value is -3.16. The number of carbonyl (C=O) groups excluding carboxylic acids is 2. The minimum Gasteiger partial charge on any atom is -0.462 e. The predicted octanol–water partition coefficient (Wildman–Crippen LogP) is 1.63. The number of nitrogens with two attached hydrogens (primary N) is 1. The van der Waals surface area contributed by atoms with Crippen LogP contribution in [0.4, 0.5) is 11.5 Å². The Morgan fingerprint density at radius 1 is 1.17 bits per heavy atom. The number of fused-ring (bicyclic) bond motifs is 1. The highest BCUT2D eigenvalue weighted by atomic mass is 16.6. The molecule has 126 valence electrons. The SMILES string of the molecule is CCOC(=O)C(=CNc1ncnc2ccc(N)cc12)C(=O)OCC. The van der Waals surface area contributed by atoms with Gasteiger partial charge in [0, 0.05) is 17.3 Å². The molecule has 0 spiro atoms. The van der Waals surface area contributed by atoms with Gasteiger partial charge in [-0.25, -0.2) is 19.6 Å². The number of benzene rings is 1. The van der Waals surface area contributed by atoms with Gasteiger partial charge in [0.05, 0.1) is 18.7 Å². The minimum absolute atomic E-state index is 0.141. The van der Waals surface area contributed by atoms with Crippen molar-refractivity contribution in [1.29, 1.82) is 0 Å². The van der Waals surface area contributed by atoms with E-state index in [1.165, 1.54) is 12.5 Å². The summed E-state index contributed by atoms with van der Waals surface area (Å²) in [6.07, 6.45) is 2.57. The number of nitrogens with one attached hydrogen (secondary N) is 1. The van der Waals surface area contributed by atoms with Gasteiger partial charge in [0.2, 0.25) is 0 Å². The summed E-state index contributed by atoms with van der Waals surface area (Å²) < 4.78 is 9.73. The van der Waals surface area contributed by atoms with E-state index in [2.05, 4.69) is 15.3 Å². The maximum Gasteiger partial charge on any atom is 0.347 e. The molecule has 0 radical (unpaired) electrons. The van der Waals surface area contributed by atoms with Crippen molar-refractivity contribution >= 4 is 34.3 Å². The van der Waals surface area contributed by atoms with E-state index in [0.717, 1.165) is 0 Å². The Bertz CT molecular complexity index is 769. The van der Waals surface area contributed by atoms with Crippen LogP contribution in [-0.2, 0) is 19.1 Å². The van der Waals surface area contributed by atoms with Gasteiger partial charge in [-0.1, -0.05) is 0 Å². The van der Waals surface area contributed by atoms with Crippen LogP contribution in [0.2, 0.25) is 0 Å². The second-order valence-electron chi connectivity index (χ2n) is 4.64. The smallest absolute Gasteiger partial charge is 0.347 e. The Morgan fingerprint density at radius 3 is 2.46 bits per heavy atom. The first-order chi connectivity index (χ1) is 11.6. The highest BCUT2D eigenvalue weighted by molar-refractivity contribution is 6.14. The zero-order chi connectivity index (χ0) is 17.5. The van der Waals surface area contributed by atoms with Crippen molar-refractivity contribution in [3.05, 3.63) is 36.3 Å². The molecule has 1 heterocycles. The molecule has 0 saturated heterocycles. The van der Waals surface area contributed by atoms with Crippen LogP contribution in [0, 0.1) is 0 Å². The van der Waals surface area contributed by atoms with E-state index in [4.69, 9.17) is 15.2 Å². The van der Waals surface area contributed by atoms with Gasteiger partial charge in [-0.2, -0.15) is 0 Å². The van der Waals surface area contributed by atoms with Crippen molar-refractivity contribution in [1.82, 2.24) is 9.97 Å². The Morgan fingerprint density at radius 2 is 1.83 bits per heavy atom. The number of hydrogen-bond acceptors (Lipinski definition) is 8. The highest BCUT2D eigenvalue weighted by Crippen LogP contribution is 2.21. The lowest BCUT2D eigenvalue weighted by Gasteiger charge is -2.09. The van der Waals surface area contributed by atoms with Crippen LogP contribution in [0.1, 0.15) is 13.8 Å². The second kappa shape index (κ2) is 7.91. The molecule has 2 rings (SSSR count). The summed E-state index contributed by atoms with van der Waals surface area (Å²) in [5.74, 6) is -1.15. The van der Waals surface area contributed by atoms with E-state index in [-0.39, 0.29) is 18.8 Å². The van der Waals surface area contributed by atoms with Crippen molar-refractivity contribution in [3.63, 3.8) is 0 Å². The van der Waals surface area contributed by atoms with Crippen LogP contribution in [0.25, 0.3) is 10.9 Å². The normalized spacial score (nSPS) is 10.1. The monoisotopic (exact) mass is 330 g/mol. The van der Waals surface area contributed by atoms with Gasteiger partial charge in [-0.05, 0) is 32.0 Å². The molecule has 1 aromatic heterocycles. The molecule has 2 aromatic rings. The lowest BCUT2D eigenvalue weighted by Crippen LogP contribution is -2.19. The van der Waals surface area contributed by atoms with E-state index >= 15 is 0 Å². The topological polar surface area (TPSA) is 116 Å². The van der Waals surface area contributed by atoms with Gasteiger partial charge in [-0.15, -0.1) is 0 Å². The minimum atomic E-state index is -0.777. The highest BCUT2D eigenvalue weighted by Gasteiger charge is 2.21. The van der Waals surface area contributed by atoms with Crippen molar-refractivity contribution in [3.8, 4) is 0 Å². The lowest BCUT2D eigenvalue weighted by molar-refractivity contribution is -0.146. The number of nitrogens with zero attached hydrogens (tertiary/aromatic N) is 2. The molecule has 1 aromatic carbocycles. The van der Waals surface area contributed by atoms with Crippen molar-refractivity contribution in [2.75, 3.05) is 24.3 Å². The zero-order valence-corrected chi connectivity index (χ0v) is 13.4. The van der Waals surface area contributed by atoms with Crippen LogP contribution in [0.3, 0.4) is 0 Å².